The summed E-state index contributed by atoms with van der Waals surface area (Å²) in [6.07, 6.45) is 0.636. The molecule has 2 N–H and O–H groups in total. The molecule has 7 nitrogen and oxygen atoms in total. The van der Waals surface area contributed by atoms with E-state index in [0.717, 1.165) is 0 Å². The number of hydrogen-bond acceptors (Lipinski definition) is 4. The predicted octanol–water partition coefficient (Wildman–Crippen LogP) is 4.39. The Kier molecular flexibility index (Phi) is 10.3. The lowest BCUT2D eigenvalue weighted by molar-refractivity contribution is -0.134. The first-order chi connectivity index (χ1) is 15.4. The molecule has 0 saturated heterocycles. The number of hydrogen-bond donors (Lipinski definition) is 2. The second-order valence-electron chi connectivity index (χ2n) is 6.84. The molecular formula is C23H27Cl2N3O4. The summed E-state index contributed by atoms with van der Waals surface area (Å²) < 4.78 is 5.47. The van der Waals surface area contributed by atoms with Crippen molar-refractivity contribution in [1.82, 2.24) is 10.2 Å². The highest BCUT2D eigenvalue weighted by Gasteiger charge is 2.17. The molecule has 9 heteroatoms. The van der Waals surface area contributed by atoms with E-state index in [1.165, 1.54) is 4.90 Å². The summed E-state index contributed by atoms with van der Waals surface area (Å²) in [6.45, 7) is 4.68. The molecule has 0 unspecified atom stereocenters. The Labute approximate surface area is 198 Å². The molecule has 0 atom stereocenters. The molecule has 0 heterocycles. The topological polar surface area (TPSA) is 87.7 Å². The quantitative estimate of drug-likeness (QED) is 0.467. The van der Waals surface area contributed by atoms with E-state index in [9.17, 15) is 14.4 Å². The lowest BCUT2D eigenvalue weighted by Gasteiger charge is -2.21. The maximum Gasteiger partial charge on any atom is 0.255 e. The zero-order chi connectivity index (χ0) is 23.5. The molecule has 0 saturated carbocycles. The highest BCUT2D eigenvalue weighted by molar-refractivity contribution is 6.39. The van der Waals surface area contributed by atoms with Crippen LogP contribution in [-0.4, -0.2) is 48.9 Å². The van der Waals surface area contributed by atoms with E-state index in [0.29, 0.717) is 53.2 Å². The average Bonchev–Trinajstić information content (AvgIpc) is 2.78. The summed E-state index contributed by atoms with van der Waals surface area (Å²) in [5.74, 6) is -0.317. The van der Waals surface area contributed by atoms with Crippen LogP contribution in [0, 0.1) is 0 Å². The van der Waals surface area contributed by atoms with Crippen LogP contribution in [0.15, 0.2) is 42.5 Å². The Morgan fingerprint density at radius 2 is 1.69 bits per heavy atom. The lowest BCUT2D eigenvalue weighted by atomic mass is 10.2. The summed E-state index contributed by atoms with van der Waals surface area (Å²) in [5.41, 5.74) is 0.769. The number of carbonyl (C=O) groups excluding carboxylic acids is 3. The van der Waals surface area contributed by atoms with Crippen LogP contribution in [0.4, 0.5) is 5.69 Å². The van der Waals surface area contributed by atoms with Crippen molar-refractivity contribution in [2.24, 2.45) is 0 Å². The fourth-order valence-electron chi connectivity index (χ4n) is 2.98. The van der Waals surface area contributed by atoms with Crippen LogP contribution in [0.2, 0.25) is 10.0 Å². The van der Waals surface area contributed by atoms with Gasteiger partial charge in [-0.05, 0) is 44.5 Å². The largest absolute Gasteiger partial charge is 0.493 e. The van der Waals surface area contributed by atoms with Crippen LogP contribution in [-0.2, 0) is 9.59 Å². The number of likely N-dealkylation sites (N-methyl/N-ethyl adjacent to an activating group) is 1. The van der Waals surface area contributed by atoms with Crippen molar-refractivity contribution >= 4 is 46.6 Å². The first-order valence-electron chi connectivity index (χ1n) is 10.4. The van der Waals surface area contributed by atoms with E-state index in [1.807, 2.05) is 6.92 Å². The van der Waals surface area contributed by atoms with Crippen molar-refractivity contribution in [3.63, 3.8) is 0 Å². The fourth-order valence-corrected chi connectivity index (χ4v) is 3.47. The van der Waals surface area contributed by atoms with Crippen molar-refractivity contribution < 1.29 is 19.1 Å². The monoisotopic (exact) mass is 479 g/mol. The molecule has 0 aliphatic rings. The Morgan fingerprint density at radius 3 is 2.34 bits per heavy atom. The molecule has 0 radical (unpaired) electrons. The van der Waals surface area contributed by atoms with E-state index in [4.69, 9.17) is 27.9 Å². The lowest BCUT2D eigenvalue weighted by Crippen LogP contribution is -2.38. The van der Waals surface area contributed by atoms with Crippen molar-refractivity contribution in [2.45, 2.75) is 26.7 Å². The molecule has 172 valence electrons. The normalized spacial score (nSPS) is 10.4. The van der Waals surface area contributed by atoms with Crippen LogP contribution >= 0.6 is 23.2 Å². The maximum atomic E-state index is 12.5. The first-order valence-corrected chi connectivity index (χ1v) is 11.1. The van der Waals surface area contributed by atoms with Gasteiger partial charge in [0.1, 0.15) is 5.75 Å². The van der Waals surface area contributed by atoms with Crippen molar-refractivity contribution in [3.8, 4) is 5.75 Å². The van der Waals surface area contributed by atoms with Crippen LogP contribution in [0.5, 0.6) is 5.75 Å². The third-order valence-electron chi connectivity index (χ3n) is 4.58. The molecule has 2 rings (SSSR count). The van der Waals surface area contributed by atoms with Crippen molar-refractivity contribution in [2.75, 3.05) is 31.6 Å². The SMILES string of the molecule is CCOc1ccccc1C(=O)NCCCC(=O)N(CC)CC(=O)Nc1c(Cl)cccc1Cl. The van der Waals surface area contributed by atoms with Gasteiger partial charge in [-0.3, -0.25) is 14.4 Å². The number of benzene rings is 2. The van der Waals surface area contributed by atoms with Gasteiger partial charge in [-0.25, -0.2) is 0 Å². The number of nitrogens with zero attached hydrogens (tertiary/aromatic N) is 1. The molecule has 0 aliphatic heterocycles. The fraction of sp³-hybridized carbons (Fsp3) is 0.348. The highest BCUT2D eigenvalue weighted by atomic mass is 35.5. The smallest absolute Gasteiger partial charge is 0.255 e. The Morgan fingerprint density at radius 1 is 1.00 bits per heavy atom. The van der Waals surface area contributed by atoms with E-state index in [-0.39, 0.29) is 24.8 Å². The van der Waals surface area contributed by atoms with Gasteiger partial charge in [-0.15, -0.1) is 0 Å². The van der Waals surface area contributed by atoms with Gasteiger partial charge in [0.25, 0.3) is 5.91 Å². The van der Waals surface area contributed by atoms with Crippen molar-refractivity contribution in [1.29, 1.82) is 0 Å². The van der Waals surface area contributed by atoms with E-state index < -0.39 is 5.91 Å². The number of ether oxygens (including phenoxy) is 1. The Bertz CT molecular complexity index is 932. The van der Waals surface area contributed by atoms with Crippen LogP contribution in [0.1, 0.15) is 37.0 Å². The zero-order valence-electron chi connectivity index (χ0n) is 18.1. The van der Waals surface area contributed by atoms with Gasteiger partial charge in [-0.2, -0.15) is 0 Å². The molecule has 2 aromatic rings. The van der Waals surface area contributed by atoms with Gasteiger partial charge >= 0.3 is 0 Å². The molecule has 0 bridgehead atoms. The third kappa shape index (κ3) is 7.43. The number of rotatable bonds is 11. The van der Waals surface area contributed by atoms with Crippen LogP contribution < -0.4 is 15.4 Å². The second-order valence-corrected chi connectivity index (χ2v) is 7.66. The van der Waals surface area contributed by atoms with Crippen LogP contribution in [0.25, 0.3) is 0 Å². The second kappa shape index (κ2) is 12.9. The minimum atomic E-state index is -0.393. The molecule has 0 aromatic heterocycles. The number of halogens is 2. The van der Waals surface area contributed by atoms with Gasteiger partial charge in [0.15, 0.2) is 0 Å². The highest BCUT2D eigenvalue weighted by Crippen LogP contribution is 2.29. The summed E-state index contributed by atoms with van der Waals surface area (Å²) in [6, 6.07) is 11.9. The third-order valence-corrected chi connectivity index (χ3v) is 5.21. The zero-order valence-corrected chi connectivity index (χ0v) is 19.6. The minimum Gasteiger partial charge on any atom is -0.493 e. The van der Waals surface area contributed by atoms with Gasteiger partial charge < -0.3 is 20.3 Å². The number of amides is 3. The molecule has 32 heavy (non-hydrogen) atoms. The summed E-state index contributed by atoms with van der Waals surface area (Å²) >= 11 is 12.1. The molecule has 3 amide bonds. The van der Waals surface area contributed by atoms with E-state index in [2.05, 4.69) is 10.6 Å². The van der Waals surface area contributed by atoms with E-state index in [1.54, 1.807) is 49.4 Å². The number of nitrogens with one attached hydrogen (secondary N) is 2. The maximum absolute atomic E-state index is 12.5. The molecule has 0 aliphatic carbocycles. The van der Waals surface area contributed by atoms with Gasteiger partial charge in [0, 0.05) is 19.5 Å². The minimum absolute atomic E-state index is 0.120. The number of anilines is 1. The molecule has 0 fully saturated rings. The van der Waals surface area contributed by atoms with Gasteiger partial charge in [0.05, 0.1) is 34.4 Å². The van der Waals surface area contributed by atoms with Gasteiger partial charge in [0.2, 0.25) is 11.8 Å². The molecule has 2 aromatic carbocycles. The van der Waals surface area contributed by atoms with E-state index >= 15 is 0 Å². The average molecular weight is 480 g/mol. The summed E-state index contributed by atoms with van der Waals surface area (Å²) in [5, 5.41) is 6.09. The number of para-hydroxylation sites is 2. The summed E-state index contributed by atoms with van der Waals surface area (Å²) in [4.78, 5) is 38.7. The van der Waals surface area contributed by atoms with Crippen LogP contribution in [0.3, 0.4) is 0 Å². The molecule has 0 spiro atoms. The Balaban J connectivity index is 1.81. The first kappa shape index (κ1) is 25.5. The van der Waals surface area contributed by atoms with Crippen molar-refractivity contribution in [3.05, 3.63) is 58.1 Å². The summed E-state index contributed by atoms with van der Waals surface area (Å²) in [7, 11) is 0. The van der Waals surface area contributed by atoms with Gasteiger partial charge in [-0.1, -0.05) is 41.4 Å². The molecular weight excluding hydrogens is 453 g/mol. The number of carbonyl (C=O) groups is 3. The predicted molar refractivity (Wildman–Crippen MR) is 127 cm³/mol. The standard InChI is InChI=1S/C23H27Cl2N3O4/c1-3-28(15-20(29)27-22-17(24)10-7-11-18(22)25)21(30)13-8-14-26-23(31)16-9-5-6-12-19(16)32-4-2/h5-7,9-12H,3-4,8,13-15H2,1-2H3,(H,26,31)(H,27,29). The Hall–Kier alpha value is -2.77.